The number of fused-ring (bicyclic) bond motifs is 1. The number of carbonyl (C=O) groups is 1. The summed E-state index contributed by atoms with van der Waals surface area (Å²) in [6.07, 6.45) is 1.76. The number of carbonyl (C=O) groups excluding carboxylic acids is 1. The lowest BCUT2D eigenvalue weighted by Crippen LogP contribution is -2.48. The molecule has 2 aromatic carbocycles. The first-order valence-electron chi connectivity index (χ1n) is 12.0. The van der Waals surface area contributed by atoms with Gasteiger partial charge in [-0.2, -0.15) is 4.31 Å². The van der Waals surface area contributed by atoms with E-state index in [4.69, 9.17) is 9.72 Å². The number of nitrogens with zero attached hydrogens (tertiary/aromatic N) is 4. The number of piperazine rings is 1. The summed E-state index contributed by atoms with van der Waals surface area (Å²) in [4.78, 5) is 23.4. The maximum atomic E-state index is 13.1. The highest BCUT2D eigenvalue weighted by molar-refractivity contribution is 7.98. The maximum Gasteiger partial charge on any atom is 0.253 e. The topological polar surface area (TPSA) is 83.1 Å². The Morgan fingerprint density at radius 1 is 1.03 bits per heavy atom. The van der Waals surface area contributed by atoms with Crippen molar-refractivity contribution in [3.63, 3.8) is 0 Å². The number of benzene rings is 2. The van der Waals surface area contributed by atoms with E-state index in [9.17, 15) is 13.2 Å². The lowest BCUT2D eigenvalue weighted by atomic mass is 10.2. The quantitative estimate of drug-likeness (QED) is 0.451. The van der Waals surface area contributed by atoms with Gasteiger partial charge in [-0.3, -0.25) is 4.79 Å². The van der Waals surface area contributed by atoms with Gasteiger partial charge in [0.05, 0.1) is 27.3 Å². The van der Waals surface area contributed by atoms with Crippen molar-refractivity contribution in [2.45, 2.75) is 35.8 Å². The summed E-state index contributed by atoms with van der Waals surface area (Å²) >= 11 is 3.40. The predicted molar refractivity (Wildman–Crippen MR) is 145 cm³/mol. The van der Waals surface area contributed by atoms with Crippen molar-refractivity contribution < 1.29 is 17.9 Å². The smallest absolute Gasteiger partial charge is 0.253 e. The molecule has 0 bridgehead atoms. The van der Waals surface area contributed by atoms with Crippen LogP contribution in [0.15, 0.2) is 52.3 Å². The Kier molecular flexibility index (Phi) is 7.28. The number of hydrogen-bond donors (Lipinski definition) is 0. The average Bonchev–Trinajstić information content (AvgIpc) is 3.31. The summed E-state index contributed by atoms with van der Waals surface area (Å²) in [7, 11) is -3.63. The van der Waals surface area contributed by atoms with Gasteiger partial charge in [0.15, 0.2) is 5.13 Å². The van der Waals surface area contributed by atoms with Crippen molar-refractivity contribution in [2.75, 3.05) is 50.4 Å². The SMILES string of the molecule is CSc1ccc2nc(N3CCN(C(=O)c4ccc(S(=O)(=O)N5CC(C)OC(C)C5)cc4)CC3)sc2c1. The third-order valence-corrected chi connectivity index (χ3v) is 10.2. The summed E-state index contributed by atoms with van der Waals surface area (Å²) in [6.45, 7) is 7.00. The molecular weight excluding hydrogens is 517 g/mol. The summed E-state index contributed by atoms with van der Waals surface area (Å²) in [5.41, 5.74) is 1.50. The molecule has 8 nitrogen and oxygen atoms in total. The van der Waals surface area contributed by atoms with Crippen molar-refractivity contribution in [3.05, 3.63) is 48.0 Å². The number of hydrogen-bond acceptors (Lipinski definition) is 8. The molecule has 3 aromatic rings. The molecule has 1 aromatic heterocycles. The number of rotatable bonds is 5. The van der Waals surface area contributed by atoms with Gasteiger partial charge in [0, 0.05) is 49.7 Å². The van der Waals surface area contributed by atoms with Gasteiger partial charge in [-0.05, 0) is 62.6 Å². The van der Waals surface area contributed by atoms with Crippen LogP contribution in [0.5, 0.6) is 0 Å². The zero-order valence-electron chi connectivity index (χ0n) is 20.6. The van der Waals surface area contributed by atoms with Crippen LogP contribution in [-0.2, 0) is 14.8 Å². The molecule has 2 unspecified atom stereocenters. The molecular formula is C25H30N4O4S3. The number of thiazole rings is 1. The Labute approximate surface area is 220 Å². The number of thioether (sulfide) groups is 1. The Bertz CT molecular complexity index is 1340. The second-order valence-electron chi connectivity index (χ2n) is 9.21. The van der Waals surface area contributed by atoms with Gasteiger partial charge >= 0.3 is 0 Å². The van der Waals surface area contributed by atoms with Crippen LogP contribution in [0.3, 0.4) is 0 Å². The van der Waals surface area contributed by atoms with Crippen LogP contribution in [0.4, 0.5) is 5.13 Å². The Balaban J connectivity index is 1.22. The predicted octanol–water partition coefficient (Wildman–Crippen LogP) is 3.78. The van der Waals surface area contributed by atoms with E-state index in [1.165, 1.54) is 26.0 Å². The lowest BCUT2D eigenvalue weighted by Gasteiger charge is -2.35. The Hall–Kier alpha value is -2.18. The average molecular weight is 547 g/mol. The van der Waals surface area contributed by atoms with E-state index in [1.807, 2.05) is 18.7 Å². The zero-order chi connectivity index (χ0) is 25.4. The van der Waals surface area contributed by atoms with Crippen LogP contribution in [0.1, 0.15) is 24.2 Å². The summed E-state index contributed by atoms with van der Waals surface area (Å²) < 4.78 is 34.5. The molecule has 2 fully saturated rings. The van der Waals surface area contributed by atoms with E-state index in [0.717, 1.165) is 10.6 Å². The largest absolute Gasteiger partial charge is 0.373 e. The van der Waals surface area contributed by atoms with Crippen molar-refractivity contribution in [1.29, 1.82) is 0 Å². The third-order valence-electron chi connectivity index (χ3n) is 6.55. The minimum Gasteiger partial charge on any atom is -0.373 e. The van der Waals surface area contributed by atoms with Crippen LogP contribution < -0.4 is 4.90 Å². The molecule has 3 heterocycles. The van der Waals surface area contributed by atoms with Crippen LogP contribution in [0.2, 0.25) is 0 Å². The molecule has 0 spiro atoms. The van der Waals surface area contributed by atoms with Gasteiger partial charge in [-0.1, -0.05) is 11.3 Å². The molecule has 0 saturated carbocycles. The van der Waals surface area contributed by atoms with Crippen LogP contribution in [0, 0.1) is 0 Å². The highest BCUT2D eigenvalue weighted by Gasteiger charge is 2.32. The zero-order valence-corrected chi connectivity index (χ0v) is 23.0. The van der Waals surface area contributed by atoms with Gasteiger partial charge in [0.2, 0.25) is 10.0 Å². The monoisotopic (exact) mass is 546 g/mol. The summed E-state index contributed by atoms with van der Waals surface area (Å²) in [6, 6.07) is 12.6. The van der Waals surface area contributed by atoms with E-state index in [1.54, 1.807) is 35.2 Å². The van der Waals surface area contributed by atoms with E-state index in [2.05, 4.69) is 29.4 Å². The molecule has 2 atom stereocenters. The molecule has 2 saturated heterocycles. The highest BCUT2D eigenvalue weighted by Crippen LogP contribution is 2.32. The fourth-order valence-electron chi connectivity index (χ4n) is 4.68. The normalized spacial score (nSPS) is 21.8. The molecule has 11 heteroatoms. The van der Waals surface area contributed by atoms with Gasteiger partial charge < -0.3 is 14.5 Å². The number of aromatic nitrogens is 1. The van der Waals surface area contributed by atoms with E-state index in [-0.39, 0.29) is 23.0 Å². The fraction of sp³-hybridized carbons (Fsp3) is 0.440. The molecule has 0 N–H and O–H groups in total. The molecule has 0 aliphatic carbocycles. The van der Waals surface area contributed by atoms with Crippen molar-refractivity contribution in [1.82, 2.24) is 14.2 Å². The molecule has 0 radical (unpaired) electrons. The van der Waals surface area contributed by atoms with Crippen LogP contribution in [0.25, 0.3) is 10.2 Å². The van der Waals surface area contributed by atoms with E-state index in [0.29, 0.717) is 44.8 Å². The molecule has 192 valence electrons. The lowest BCUT2D eigenvalue weighted by molar-refractivity contribution is -0.0440. The second-order valence-corrected chi connectivity index (χ2v) is 13.0. The second kappa shape index (κ2) is 10.3. The first-order chi connectivity index (χ1) is 17.2. The summed E-state index contributed by atoms with van der Waals surface area (Å²) in [5, 5.41) is 0.983. The number of morpholine rings is 1. The maximum absolute atomic E-state index is 13.1. The van der Waals surface area contributed by atoms with Crippen molar-refractivity contribution >= 4 is 54.4 Å². The number of ether oxygens (including phenoxy) is 1. The van der Waals surface area contributed by atoms with Gasteiger partial charge in [-0.25, -0.2) is 13.4 Å². The number of sulfonamides is 1. The highest BCUT2D eigenvalue weighted by atomic mass is 32.2. The van der Waals surface area contributed by atoms with Crippen molar-refractivity contribution in [3.8, 4) is 0 Å². The van der Waals surface area contributed by atoms with Crippen LogP contribution >= 0.6 is 23.1 Å². The molecule has 5 rings (SSSR count). The molecule has 2 aliphatic rings. The van der Waals surface area contributed by atoms with Gasteiger partial charge in [0.25, 0.3) is 5.91 Å². The summed E-state index contributed by atoms with van der Waals surface area (Å²) in [5.74, 6) is -0.0823. The molecule has 36 heavy (non-hydrogen) atoms. The number of amides is 1. The Morgan fingerprint density at radius 2 is 1.69 bits per heavy atom. The standard InChI is InChI=1S/C25H30N4O4S3/c1-17-15-29(16-18(2)33-17)36(31,32)21-7-4-19(5-8-21)24(30)27-10-12-28(13-11-27)25-26-22-9-6-20(34-3)14-23(22)35-25/h4-9,14,17-18H,10-13,15-16H2,1-3H3. The van der Waals surface area contributed by atoms with Crippen molar-refractivity contribution in [2.24, 2.45) is 0 Å². The van der Waals surface area contributed by atoms with Gasteiger partial charge in [0.1, 0.15) is 0 Å². The van der Waals surface area contributed by atoms with E-state index < -0.39 is 10.0 Å². The fourth-order valence-corrected chi connectivity index (χ4v) is 7.85. The van der Waals surface area contributed by atoms with Crippen LogP contribution in [-0.4, -0.2) is 86.2 Å². The Morgan fingerprint density at radius 3 is 2.33 bits per heavy atom. The van der Waals surface area contributed by atoms with E-state index >= 15 is 0 Å². The first-order valence-corrected chi connectivity index (χ1v) is 15.5. The molecule has 2 aliphatic heterocycles. The minimum atomic E-state index is -3.63. The van der Waals surface area contributed by atoms with Gasteiger partial charge in [-0.15, -0.1) is 11.8 Å². The minimum absolute atomic E-state index is 0.0823. The molecule has 1 amide bonds. The third kappa shape index (κ3) is 5.12. The first kappa shape index (κ1) is 25.5. The number of anilines is 1.